The fourth-order valence-corrected chi connectivity index (χ4v) is 4.82. The summed E-state index contributed by atoms with van der Waals surface area (Å²) in [7, 11) is 0. The van der Waals surface area contributed by atoms with Crippen molar-refractivity contribution in [2.24, 2.45) is 0 Å². The van der Waals surface area contributed by atoms with Crippen molar-refractivity contribution in [2.75, 3.05) is 13.2 Å². The zero-order chi connectivity index (χ0) is 30.1. The standard InChI is InChI=1S/C36H66O5/c1-3-5-7-9-11-13-15-16-17-18-19-21-23-25-27-29-31-36(39)41-34(32-37)33-40-35(38)30-28-26-24-22-20-14-12-10-8-6-4-2/h13,15,17-18,34,37H,3-12,14,16,19-33H2,1-2H3/b15-13-,18-17-. The summed E-state index contributed by atoms with van der Waals surface area (Å²) in [5.41, 5.74) is 0. The number of carbonyl (C=O) groups excluding carboxylic acids is 2. The Hall–Kier alpha value is -1.62. The van der Waals surface area contributed by atoms with Crippen LogP contribution in [0.3, 0.4) is 0 Å². The number of hydrogen-bond donors (Lipinski definition) is 1. The molecule has 0 aliphatic heterocycles. The van der Waals surface area contributed by atoms with Crippen LogP contribution in [0.2, 0.25) is 0 Å². The Bertz CT molecular complexity index is 627. The first-order chi connectivity index (χ1) is 20.1. The third-order valence-corrected chi connectivity index (χ3v) is 7.50. The Morgan fingerprint density at radius 2 is 0.976 bits per heavy atom. The van der Waals surface area contributed by atoms with Gasteiger partial charge in [0, 0.05) is 12.8 Å². The van der Waals surface area contributed by atoms with Crippen LogP contribution >= 0.6 is 0 Å². The highest BCUT2D eigenvalue weighted by Crippen LogP contribution is 2.13. The van der Waals surface area contributed by atoms with Crippen molar-refractivity contribution in [1.29, 1.82) is 0 Å². The second-order valence-corrected chi connectivity index (χ2v) is 11.6. The van der Waals surface area contributed by atoms with Gasteiger partial charge in [0.2, 0.25) is 0 Å². The highest BCUT2D eigenvalue weighted by molar-refractivity contribution is 5.70. The molecule has 0 spiro atoms. The second kappa shape index (κ2) is 32.9. The molecule has 0 fully saturated rings. The minimum absolute atomic E-state index is 0.0681. The molecule has 0 saturated heterocycles. The topological polar surface area (TPSA) is 72.8 Å². The Kier molecular flexibility index (Phi) is 31.6. The number of esters is 2. The average molecular weight is 579 g/mol. The molecule has 0 rings (SSSR count). The van der Waals surface area contributed by atoms with Gasteiger partial charge in [-0.2, -0.15) is 0 Å². The van der Waals surface area contributed by atoms with Crippen molar-refractivity contribution in [3.63, 3.8) is 0 Å². The molecular weight excluding hydrogens is 512 g/mol. The zero-order valence-corrected chi connectivity index (χ0v) is 27.1. The second-order valence-electron chi connectivity index (χ2n) is 11.6. The summed E-state index contributed by atoms with van der Waals surface area (Å²) in [6.07, 6.45) is 36.5. The summed E-state index contributed by atoms with van der Waals surface area (Å²) in [5, 5.41) is 9.50. The maximum Gasteiger partial charge on any atom is 0.306 e. The number of carbonyl (C=O) groups is 2. The molecule has 5 heteroatoms. The average Bonchev–Trinajstić information content (AvgIpc) is 2.97. The minimum atomic E-state index is -0.772. The van der Waals surface area contributed by atoms with Crippen LogP contribution in [0, 0.1) is 0 Å². The number of ether oxygens (including phenoxy) is 2. The summed E-state index contributed by atoms with van der Waals surface area (Å²) in [5.74, 6) is -0.605. The van der Waals surface area contributed by atoms with Crippen LogP contribution in [0.5, 0.6) is 0 Å². The molecular formula is C36H66O5. The van der Waals surface area contributed by atoms with E-state index in [2.05, 4.69) is 38.2 Å². The molecule has 0 amide bonds. The first kappa shape index (κ1) is 39.4. The molecule has 0 aromatic rings. The molecule has 5 nitrogen and oxygen atoms in total. The van der Waals surface area contributed by atoms with Gasteiger partial charge in [-0.1, -0.05) is 141 Å². The molecule has 0 aliphatic rings. The summed E-state index contributed by atoms with van der Waals surface area (Å²) in [4.78, 5) is 24.1. The Morgan fingerprint density at radius 3 is 1.46 bits per heavy atom. The van der Waals surface area contributed by atoms with Gasteiger partial charge in [0.15, 0.2) is 6.10 Å². The van der Waals surface area contributed by atoms with E-state index in [4.69, 9.17) is 9.47 Å². The predicted molar refractivity (Wildman–Crippen MR) is 173 cm³/mol. The first-order valence-corrected chi connectivity index (χ1v) is 17.4. The molecule has 0 aliphatic carbocycles. The number of hydrogen-bond acceptors (Lipinski definition) is 5. The van der Waals surface area contributed by atoms with Crippen molar-refractivity contribution in [2.45, 2.75) is 180 Å². The summed E-state index contributed by atoms with van der Waals surface area (Å²) in [6, 6.07) is 0. The molecule has 1 unspecified atom stereocenters. The molecule has 0 aromatic heterocycles. The number of aliphatic hydroxyl groups is 1. The molecule has 0 bridgehead atoms. The van der Waals surface area contributed by atoms with E-state index in [1.165, 1.54) is 96.3 Å². The maximum atomic E-state index is 12.1. The predicted octanol–water partition coefficient (Wildman–Crippen LogP) is 10.3. The van der Waals surface area contributed by atoms with E-state index in [9.17, 15) is 14.7 Å². The smallest absolute Gasteiger partial charge is 0.306 e. The normalized spacial score (nSPS) is 12.4. The Labute approximate surface area is 253 Å². The van der Waals surface area contributed by atoms with Crippen molar-refractivity contribution in [3.8, 4) is 0 Å². The van der Waals surface area contributed by atoms with Gasteiger partial charge in [-0.3, -0.25) is 9.59 Å². The van der Waals surface area contributed by atoms with Crippen LogP contribution in [0.25, 0.3) is 0 Å². The molecule has 0 heterocycles. The Balaban J connectivity index is 3.60. The molecule has 240 valence electrons. The lowest BCUT2D eigenvalue weighted by Gasteiger charge is -2.15. The molecule has 0 radical (unpaired) electrons. The molecule has 0 saturated carbocycles. The third kappa shape index (κ3) is 31.2. The monoisotopic (exact) mass is 578 g/mol. The zero-order valence-electron chi connectivity index (χ0n) is 27.1. The molecule has 1 N–H and O–H groups in total. The van der Waals surface area contributed by atoms with Gasteiger partial charge >= 0.3 is 11.9 Å². The van der Waals surface area contributed by atoms with Crippen LogP contribution in [0.15, 0.2) is 24.3 Å². The number of aliphatic hydroxyl groups excluding tert-OH is 1. The lowest BCUT2D eigenvalue weighted by Crippen LogP contribution is -2.28. The van der Waals surface area contributed by atoms with E-state index in [-0.39, 0.29) is 25.2 Å². The van der Waals surface area contributed by atoms with Crippen LogP contribution in [-0.4, -0.2) is 36.4 Å². The van der Waals surface area contributed by atoms with Gasteiger partial charge in [-0.15, -0.1) is 0 Å². The largest absolute Gasteiger partial charge is 0.462 e. The van der Waals surface area contributed by atoms with Crippen LogP contribution in [0.4, 0.5) is 0 Å². The van der Waals surface area contributed by atoms with Gasteiger partial charge in [0.05, 0.1) is 6.61 Å². The van der Waals surface area contributed by atoms with E-state index < -0.39 is 6.10 Å². The molecule has 1 atom stereocenters. The number of rotatable bonds is 31. The van der Waals surface area contributed by atoms with Gasteiger partial charge in [0.25, 0.3) is 0 Å². The van der Waals surface area contributed by atoms with Crippen LogP contribution < -0.4 is 0 Å². The first-order valence-electron chi connectivity index (χ1n) is 17.4. The highest BCUT2D eigenvalue weighted by atomic mass is 16.6. The molecule has 0 aromatic carbocycles. The molecule has 41 heavy (non-hydrogen) atoms. The summed E-state index contributed by atoms with van der Waals surface area (Å²) in [6.45, 7) is 4.09. The van der Waals surface area contributed by atoms with Gasteiger partial charge < -0.3 is 14.6 Å². The van der Waals surface area contributed by atoms with E-state index >= 15 is 0 Å². The van der Waals surface area contributed by atoms with E-state index in [1.807, 2.05) is 0 Å². The van der Waals surface area contributed by atoms with Gasteiger partial charge in [-0.05, 0) is 44.9 Å². The lowest BCUT2D eigenvalue weighted by molar-refractivity contribution is -0.161. The van der Waals surface area contributed by atoms with E-state index in [1.54, 1.807) is 0 Å². The quantitative estimate of drug-likeness (QED) is 0.0503. The Morgan fingerprint density at radius 1 is 0.561 bits per heavy atom. The van der Waals surface area contributed by atoms with E-state index in [0.29, 0.717) is 12.8 Å². The lowest BCUT2D eigenvalue weighted by atomic mass is 10.1. The number of unbranched alkanes of at least 4 members (excludes halogenated alkanes) is 19. The fraction of sp³-hybridized carbons (Fsp3) is 0.833. The summed E-state index contributed by atoms with van der Waals surface area (Å²) >= 11 is 0. The van der Waals surface area contributed by atoms with Gasteiger partial charge in [-0.25, -0.2) is 0 Å². The fourth-order valence-electron chi connectivity index (χ4n) is 4.82. The van der Waals surface area contributed by atoms with Gasteiger partial charge in [0.1, 0.15) is 6.61 Å². The van der Waals surface area contributed by atoms with Crippen molar-refractivity contribution >= 4 is 11.9 Å². The van der Waals surface area contributed by atoms with Crippen LogP contribution in [0.1, 0.15) is 174 Å². The van der Waals surface area contributed by atoms with Crippen molar-refractivity contribution in [3.05, 3.63) is 24.3 Å². The maximum absolute atomic E-state index is 12.1. The van der Waals surface area contributed by atoms with E-state index in [0.717, 1.165) is 51.4 Å². The highest BCUT2D eigenvalue weighted by Gasteiger charge is 2.16. The summed E-state index contributed by atoms with van der Waals surface area (Å²) < 4.78 is 10.5. The minimum Gasteiger partial charge on any atom is -0.462 e. The van der Waals surface area contributed by atoms with Crippen molar-refractivity contribution < 1.29 is 24.2 Å². The van der Waals surface area contributed by atoms with Crippen LogP contribution in [-0.2, 0) is 19.1 Å². The number of allylic oxidation sites excluding steroid dienone is 4. The van der Waals surface area contributed by atoms with Crippen molar-refractivity contribution in [1.82, 2.24) is 0 Å². The third-order valence-electron chi connectivity index (χ3n) is 7.50. The SMILES string of the molecule is CCCCCC/C=C\C/C=C\CCCCCCCC(=O)OC(CO)COC(=O)CCCCCCCCCCCCC.